The van der Waals surface area contributed by atoms with Gasteiger partial charge in [-0.05, 0) is 42.8 Å². The van der Waals surface area contributed by atoms with Gasteiger partial charge < -0.3 is 5.32 Å². The van der Waals surface area contributed by atoms with E-state index in [1.54, 1.807) is 19.9 Å². The summed E-state index contributed by atoms with van der Waals surface area (Å²) in [6, 6.07) is 20.6. The molecule has 0 aliphatic heterocycles. The number of benzene rings is 2. The van der Waals surface area contributed by atoms with Crippen LogP contribution in [0.3, 0.4) is 0 Å². The summed E-state index contributed by atoms with van der Waals surface area (Å²) in [5.41, 5.74) is -0.112. The van der Waals surface area contributed by atoms with Crippen molar-refractivity contribution in [3.05, 3.63) is 82.5 Å². The molecule has 140 valence electrons. The van der Waals surface area contributed by atoms with E-state index < -0.39 is 5.54 Å². The highest BCUT2D eigenvalue weighted by molar-refractivity contribution is 7.13. The third-order valence-electron chi connectivity index (χ3n) is 4.70. The molecule has 0 aliphatic carbocycles. The van der Waals surface area contributed by atoms with Gasteiger partial charge in [-0.25, -0.2) is 4.68 Å². The zero-order chi connectivity index (χ0) is 19.7. The van der Waals surface area contributed by atoms with E-state index in [2.05, 4.69) is 10.4 Å². The molecule has 0 radical (unpaired) electrons. The van der Waals surface area contributed by atoms with Crippen LogP contribution >= 0.6 is 11.3 Å². The number of thiophene rings is 1. The molecule has 4 aromatic rings. The minimum atomic E-state index is -1.17. The number of hydrogen-bond donors (Lipinski definition) is 1. The number of carbonyl (C=O) groups excluding carboxylic acids is 1. The molecule has 5 nitrogen and oxygen atoms in total. The first kappa shape index (κ1) is 18.1. The van der Waals surface area contributed by atoms with Crippen LogP contribution in [0, 0.1) is 0 Å². The maximum atomic E-state index is 13.1. The molecule has 0 saturated heterocycles. The Balaban J connectivity index is 1.71. The van der Waals surface area contributed by atoms with Crippen molar-refractivity contribution in [2.45, 2.75) is 19.4 Å². The highest BCUT2D eigenvalue weighted by Gasteiger charge is 2.32. The second-order valence-corrected chi connectivity index (χ2v) is 7.93. The van der Waals surface area contributed by atoms with Crippen LogP contribution in [0.4, 0.5) is 5.69 Å². The Morgan fingerprint density at radius 2 is 1.79 bits per heavy atom. The van der Waals surface area contributed by atoms with E-state index in [9.17, 15) is 9.59 Å². The summed E-state index contributed by atoms with van der Waals surface area (Å²) >= 11 is 1.54. The first-order valence-electron chi connectivity index (χ1n) is 8.91. The van der Waals surface area contributed by atoms with Crippen molar-refractivity contribution in [2.24, 2.45) is 0 Å². The molecule has 0 spiro atoms. The van der Waals surface area contributed by atoms with Crippen molar-refractivity contribution in [1.29, 1.82) is 0 Å². The lowest BCUT2D eigenvalue weighted by Gasteiger charge is -2.25. The van der Waals surface area contributed by atoms with E-state index in [0.29, 0.717) is 11.4 Å². The molecule has 1 N–H and O–H groups in total. The fraction of sp³-hybridized carbons (Fsp3) is 0.136. The van der Waals surface area contributed by atoms with Gasteiger partial charge >= 0.3 is 0 Å². The summed E-state index contributed by atoms with van der Waals surface area (Å²) in [4.78, 5) is 26.5. The molecule has 0 aliphatic rings. The van der Waals surface area contributed by atoms with Gasteiger partial charge in [0.1, 0.15) is 11.2 Å². The monoisotopic (exact) mass is 389 g/mol. The number of anilines is 1. The highest BCUT2D eigenvalue weighted by atomic mass is 32.1. The van der Waals surface area contributed by atoms with Crippen LogP contribution in [-0.2, 0) is 10.3 Å². The molecule has 2 aromatic heterocycles. The van der Waals surface area contributed by atoms with Crippen molar-refractivity contribution < 1.29 is 4.79 Å². The third kappa shape index (κ3) is 3.23. The molecule has 6 heteroatoms. The van der Waals surface area contributed by atoms with Crippen LogP contribution in [0.2, 0.25) is 0 Å². The average Bonchev–Trinajstić information content (AvgIpc) is 3.23. The summed E-state index contributed by atoms with van der Waals surface area (Å²) in [5, 5.41) is 11.4. The number of fused-ring (bicyclic) bond motifs is 1. The molecular weight excluding hydrogens is 370 g/mol. The number of amides is 1. The second kappa shape index (κ2) is 7.05. The topological polar surface area (TPSA) is 64.0 Å². The van der Waals surface area contributed by atoms with E-state index in [1.165, 1.54) is 22.1 Å². The number of nitrogens with zero attached hydrogens (tertiary/aromatic N) is 2. The normalized spacial score (nSPS) is 11.5. The predicted molar refractivity (Wildman–Crippen MR) is 114 cm³/mol. The van der Waals surface area contributed by atoms with Crippen molar-refractivity contribution >= 4 is 33.7 Å². The number of nitrogens with one attached hydrogen (secondary N) is 1. The maximum absolute atomic E-state index is 13.1. The molecule has 0 saturated carbocycles. The second-order valence-electron chi connectivity index (χ2n) is 6.99. The van der Waals surface area contributed by atoms with Crippen LogP contribution < -0.4 is 10.9 Å². The van der Waals surface area contributed by atoms with Crippen LogP contribution in [0.1, 0.15) is 13.8 Å². The molecule has 2 aromatic carbocycles. The molecular formula is C22H19N3O2S. The standard InChI is InChI=1S/C22H19N3O2S/c1-22(2,25-20(26)13-12-18(24-25)19-11-6-14-28-19)21(27)23-17-10-5-8-15-7-3-4-9-16(15)17/h3-14H,1-2H3,(H,23,27). The van der Waals surface area contributed by atoms with Gasteiger partial charge in [0.2, 0.25) is 0 Å². The summed E-state index contributed by atoms with van der Waals surface area (Å²) in [6.45, 7) is 3.39. The van der Waals surface area contributed by atoms with Crippen molar-refractivity contribution in [3.8, 4) is 10.6 Å². The van der Waals surface area contributed by atoms with Gasteiger partial charge in [0.25, 0.3) is 11.5 Å². The minimum Gasteiger partial charge on any atom is -0.323 e. The molecule has 28 heavy (non-hydrogen) atoms. The van der Waals surface area contributed by atoms with Crippen LogP contribution in [0.5, 0.6) is 0 Å². The number of aromatic nitrogens is 2. The van der Waals surface area contributed by atoms with E-state index >= 15 is 0 Å². The lowest BCUT2D eigenvalue weighted by molar-refractivity contribution is -0.123. The summed E-state index contributed by atoms with van der Waals surface area (Å²) < 4.78 is 1.25. The highest BCUT2D eigenvalue weighted by Crippen LogP contribution is 2.26. The summed E-state index contributed by atoms with van der Waals surface area (Å²) in [5.74, 6) is -0.304. The zero-order valence-corrected chi connectivity index (χ0v) is 16.4. The van der Waals surface area contributed by atoms with Gasteiger partial charge in [0, 0.05) is 17.1 Å². The van der Waals surface area contributed by atoms with Gasteiger partial charge in [0.15, 0.2) is 0 Å². The average molecular weight is 389 g/mol. The number of hydrogen-bond acceptors (Lipinski definition) is 4. The van der Waals surface area contributed by atoms with Crippen LogP contribution in [0.25, 0.3) is 21.3 Å². The molecule has 0 fully saturated rings. The molecule has 0 unspecified atom stereocenters. The predicted octanol–water partition coefficient (Wildman–Crippen LogP) is 4.50. The van der Waals surface area contributed by atoms with E-state index in [-0.39, 0.29) is 11.5 Å². The lowest BCUT2D eigenvalue weighted by atomic mass is 10.0. The third-order valence-corrected chi connectivity index (χ3v) is 5.59. The summed E-state index contributed by atoms with van der Waals surface area (Å²) in [7, 11) is 0. The van der Waals surface area contributed by atoms with Crippen molar-refractivity contribution in [3.63, 3.8) is 0 Å². The Labute approximate surface area is 166 Å². The smallest absolute Gasteiger partial charge is 0.267 e. The van der Waals surface area contributed by atoms with Crippen molar-refractivity contribution in [2.75, 3.05) is 5.32 Å². The van der Waals surface area contributed by atoms with Gasteiger partial charge in [-0.1, -0.05) is 42.5 Å². The Bertz CT molecular complexity index is 1200. The van der Waals surface area contributed by atoms with Gasteiger partial charge in [-0.3, -0.25) is 9.59 Å². The Kier molecular flexibility index (Phi) is 4.57. The molecule has 4 rings (SSSR count). The number of carbonyl (C=O) groups is 1. The van der Waals surface area contributed by atoms with Crippen LogP contribution in [0.15, 0.2) is 76.9 Å². The Hall–Kier alpha value is -3.25. The SMILES string of the molecule is CC(C)(C(=O)Nc1cccc2ccccc12)n1nc(-c2cccs2)ccc1=O. The fourth-order valence-electron chi connectivity index (χ4n) is 3.07. The van der Waals surface area contributed by atoms with Crippen LogP contribution in [-0.4, -0.2) is 15.7 Å². The summed E-state index contributed by atoms with van der Waals surface area (Å²) in [6.07, 6.45) is 0. The molecule has 2 heterocycles. The Morgan fingerprint density at radius 1 is 1.00 bits per heavy atom. The minimum absolute atomic E-state index is 0.304. The fourth-order valence-corrected chi connectivity index (χ4v) is 3.76. The van der Waals surface area contributed by atoms with Gasteiger partial charge in [-0.2, -0.15) is 5.10 Å². The maximum Gasteiger partial charge on any atom is 0.267 e. The van der Waals surface area contributed by atoms with E-state index in [0.717, 1.165) is 15.6 Å². The molecule has 1 amide bonds. The molecule has 0 atom stereocenters. The quantitative estimate of drug-likeness (QED) is 0.559. The largest absolute Gasteiger partial charge is 0.323 e. The van der Waals surface area contributed by atoms with E-state index in [4.69, 9.17) is 0 Å². The number of rotatable bonds is 4. The Morgan fingerprint density at radius 3 is 2.57 bits per heavy atom. The molecule has 0 bridgehead atoms. The first-order chi connectivity index (χ1) is 13.5. The first-order valence-corrected chi connectivity index (χ1v) is 9.79. The zero-order valence-electron chi connectivity index (χ0n) is 15.5. The van der Waals surface area contributed by atoms with E-state index in [1.807, 2.05) is 60.0 Å². The lowest BCUT2D eigenvalue weighted by Crippen LogP contribution is -2.47. The van der Waals surface area contributed by atoms with Gasteiger partial charge in [-0.15, -0.1) is 11.3 Å². The van der Waals surface area contributed by atoms with Gasteiger partial charge in [0.05, 0.1) is 4.88 Å². The van der Waals surface area contributed by atoms with Crippen molar-refractivity contribution in [1.82, 2.24) is 9.78 Å².